The molecule has 0 amide bonds. The quantitative estimate of drug-likeness (QED) is 0.830. The third-order valence-electron chi connectivity index (χ3n) is 1.68. The van der Waals surface area contributed by atoms with E-state index in [1.807, 2.05) is 22.6 Å². The number of hydrogen-bond donors (Lipinski definition) is 1. The van der Waals surface area contributed by atoms with Crippen LogP contribution in [0.4, 0.5) is 13.2 Å². The number of rotatable bonds is 2. The number of benzene rings is 1. The van der Waals surface area contributed by atoms with Crippen LogP contribution in [-0.4, -0.2) is 11.3 Å². The highest BCUT2D eigenvalue weighted by atomic mass is 127. The van der Waals surface area contributed by atoms with Gasteiger partial charge in [0.05, 0.1) is 12.5 Å². The monoisotopic (exact) mass is 316 g/mol. The minimum absolute atomic E-state index is 0.294. The van der Waals surface area contributed by atoms with Gasteiger partial charge in [-0.25, -0.2) is 0 Å². The Labute approximate surface area is 93.1 Å². The van der Waals surface area contributed by atoms with Gasteiger partial charge in [0.25, 0.3) is 0 Å². The van der Waals surface area contributed by atoms with Crippen molar-refractivity contribution in [2.45, 2.75) is 18.7 Å². The molecule has 0 fully saturated rings. The van der Waals surface area contributed by atoms with Gasteiger partial charge in [-0.15, -0.1) is 0 Å². The molecule has 0 aliphatic carbocycles. The highest BCUT2D eigenvalue weighted by molar-refractivity contribution is 14.1. The van der Waals surface area contributed by atoms with Gasteiger partial charge in [0.2, 0.25) is 0 Å². The van der Waals surface area contributed by atoms with Crippen molar-refractivity contribution in [3.05, 3.63) is 33.4 Å². The Morgan fingerprint density at radius 3 is 2.14 bits per heavy atom. The lowest BCUT2D eigenvalue weighted by Crippen LogP contribution is -2.13. The Bertz CT molecular complexity index is 294. The smallest absolute Gasteiger partial charge is 0.388 e. The molecule has 5 heteroatoms. The highest BCUT2D eigenvalue weighted by Gasteiger charge is 2.31. The molecule has 0 radical (unpaired) electrons. The zero-order chi connectivity index (χ0) is 10.8. The zero-order valence-electron chi connectivity index (χ0n) is 7.05. The van der Waals surface area contributed by atoms with Crippen molar-refractivity contribution in [3.63, 3.8) is 0 Å². The second-order valence-electron chi connectivity index (χ2n) is 2.89. The van der Waals surface area contributed by atoms with Gasteiger partial charge < -0.3 is 5.11 Å². The summed E-state index contributed by atoms with van der Waals surface area (Å²) in [5.74, 6) is 0. The third kappa shape index (κ3) is 3.83. The molecule has 1 rings (SSSR count). The molecule has 0 aromatic heterocycles. The van der Waals surface area contributed by atoms with Gasteiger partial charge in [0.1, 0.15) is 0 Å². The molecule has 78 valence electrons. The van der Waals surface area contributed by atoms with Gasteiger partial charge in [0.15, 0.2) is 0 Å². The Morgan fingerprint density at radius 2 is 1.71 bits per heavy atom. The molecule has 14 heavy (non-hydrogen) atoms. The fourth-order valence-electron chi connectivity index (χ4n) is 1.02. The minimum atomic E-state index is -4.33. The zero-order valence-corrected chi connectivity index (χ0v) is 9.21. The van der Waals surface area contributed by atoms with Crippen LogP contribution in [0, 0.1) is 3.57 Å². The van der Waals surface area contributed by atoms with Gasteiger partial charge >= 0.3 is 6.18 Å². The van der Waals surface area contributed by atoms with Crippen molar-refractivity contribution in [1.29, 1.82) is 0 Å². The van der Waals surface area contributed by atoms with Crippen molar-refractivity contribution in [2.24, 2.45) is 0 Å². The van der Waals surface area contributed by atoms with Crippen molar-refractivity contribution >= 4 is 22.6 Å². The van der Waals surface area contributed by atoms with Crippen molar-refractivity contribution < 1.29 is 18.3 Å². The third-order valence-corrected chi connectivity index (χ3v) is 2.40. The van der Waals surface area contributed by atoms with E-state index in [0.717, 1.165) is 3.57 Å². The molecule has 1 N–H and O–H groups in total. The first-order valence-corrected chi connectivity index (χ1v) is 4.96. The van der Waals surface area contributed by atoms with E-state index in [1.54, 1.807) is 12.1 Å². The van der Waals surface area contributed by atoms with E-state index in [0.29, 0.717) is 5.56 Å². The van der Waals surface area contributed by atoms with E-state index in [2.05, 4.69) is 0 Å². The summed E-state index contributed by atoms with van der Waals surface area (Å²) in [6.07, 6.45) is -7.00. The van der Waals surface area contributed by atoms with Gasteiger partial charge in [-0.05, 0) is 40.3 Å². The fraction of sp³-hybridized carbons (Fsp3) is 0.333. The molecule has 0 bridgehead atoms. The van der Waals surface area contributed by atoms with E-state index in [-0.39, 0.29) is 0 Å². The van der Waals surface area contributed by atoms with Crippen LogP contribution in [0.1, 0.15) is 18.1 Å². The lowest BCUT2D eigenvalue weighted by Gasteiger charge is -2.13. The first kappa shape index (κ1) is 11.8. The minimum Gasteiger partial charge on any atom is -0.388 e. The number of halogens is 4. The molecule has 1 atom stereocenters. The van der Waals surface area contributed by atoms with E-state index >= 15 is 0 Å². The highest BCUT2D eigenvalue weighted by Crippen LogP contribution is 2.29. The molecule has 0 aliphatic rings. The van der Waals surface area contributed by atoms with Gasteiger partial charge in [-0.3, -0.25) is 0 Å². The summed E-state index contributed by atoms with van der Waals surface area (Å²) in [6.45, 7) is 0. The van der Waals surface area contributed by atoms with Gasteiger partial charge in [-0.2, -0.15) is 13.2 Å². The van der Waals surface area contributed by atoms with Crippen LogP contribution in [0.25, 0.3) is 0 Å². The number of alkyl halides is 3. The first-order valence-electron chi connectivity index (χ1n) is 3.89. The topological polar surface area (TPSA) is 20.2 Å². The Kier molecular flexibility index (Phi) is 3.77. The Morgan fingerprint density at radius 1 is 1.21 bits per heavy atom. The average Bonchev–Trinajstić information content (AvgIpc) is 2.02. The molecular formula is C9H8F3IO. The van der Waals surface area contributed by atoms with Crippen LogP contribution < -0.4 is 0 Å². The van der Waals surface area contributed by atoms with Crippen LogP contribution in [0.15, 0.2) is 24.3 Å². The van der Waals surface area contributed by atoms with E-state index in [1.165, 1.54) is 12.1 Å². The molecule has 0 heterocycles. The molecule has 1 aromatic carbocycles. The Balaban J connectivity index is 2.70. The molecule has 1 unspecified atom stereocenters. The number of aliphatic hydroxyl groups is 1. The van der Waals surface area contributed by atoms with Crippen molar-refractivity contribution in [3.8, 4) is 0 Å². The molecule has 0 saturated heterocycles. The summed E-state index contributed by atoms with van der Waals surface area (Å²) in [6, 6.07) is 6.32. The largest absolute Gasteiger partial charge is 0.391 e. The summed E-state index contributed by atoms with van der Waals surface area (Å²) >= 11 is 2.04. The fourth-order valence-corrected chi connectivity index (χ4v) is 1.38. The average molecular weight is 316 g/mol. The second-order valence-corrected chi connectivity index (χ2v) is 4.13. The standard InChI is InChI=1S/C9H8F3IO/c10-9(11,12)5-8(14)6-1-3-7(13)4-2-6/h1-4,8,14H,5H2. The lowest BCUT2D eigenvalue weighted by atomic mass is 10.1. The van der Waals surface area contributed by atoms with E-state index < -0.39 is 18.7 Å². The normalized spacial score (nSPS) is 14.1. The van der Waals surface area contributed by atoms with Crippen molar-refractivity contribution in [1.82, 2.24) is 0 Å². The first-order chi connectivity index (χ1) is 6.38. The Hall–Kier alpha value is -0.300. The summed E-state index contributed by atoms with van der Waals surface area (Å²) in [5, 5.41) is 9.22. The SMILES string of the molecule is OC(CC(F)(F)F)c1ccc(I)cc1. The molecule has 0 aliphatic heterocycles. The van der Waals surface area contributed by atoms with Crippen LogP contribution in [0.5, 0.6) is 0 Å². The maximum Gasteiger partial charge on any atom is 0.391 e. The summed E-state index contributed by atoms with van der Waals surface area (Å²) in [4.78, 5) is 0. The second kappa shape index (κ2) is 4.48. The number of aliphatic hydroxyl groups excluding tert-OH is 1. The summed E-state index contributed by atoms with van der Waals surface area (Å²) in [5.41, 5.74) is 0.294. The summed E-state index contributed by atoms with van der Waals surface area (Å²) < 4.78 is 36.7. The van der Waals surface area contributed by atoms with Crippen LogP contribution >= 0.6 is 22.6 Å². The van der Waals surface area contributed by atoms with Crippen LogP contribution in [0.2, 0.25) is 0 Å². The predicted molar refractivity (Wildman–Crippen MR) is 54.8 cm³/mol. The van der Waals surface area contributed by atoms with Crippen LogP contribution in [-0.2, 0) is 0 Å². The van der Waals surface area contributed by atoms with Crippen LogP contribution in [0.3, 0.4) is 0 Å². The maximum absolute atomic E-state index is 11.9. The molecule has 0 spiro atoms. The van der Waals surface area contributed by atoms with E-state index in [4.69, 9.17) is 0 Å². The lowest BCUT2D eigenvalue weighted by molar-refractivity contribution is -0.154. The molecule has 0 saturated carbocycles. The van der Waals surface area contributed by atoms with Gasteiger partial charge in [-0.1, -0.05) is 12.1 Å². The molecule has 1 aromatic rings. The molecule has 1 nitrogen and oxygen atoms in total. The van der Waals surface area contributed by atoms with Crippen molar-refractivity contribution in [2.75, 3.05) is 0 Å². The van der Waals surface area contributed by atoms with E-state index in [9.17, 15) is 18.3 Å². The predicted octanol–water partition coefficient (Wildman–Crippen LogP) is 3.28. The summed E-state index contributed by atoms with van der Waals surface area (Å²) in [7, 11) is 0. The maximum atomic E-state index is 11.9. The number of hydrogen-bond acceptors (Lipinski definition) is 1. The van der Waals surface area contributed by atoms with Gasteiger partial charge in [0, 0.05) is 3.57 Å². The molecular weight excluding hydrogens is 308 g/mol.